The maximum absolute atomic E-state index is 13.3. The van der Waals surface area contributed by atoms with Gasteiger partial charge in [0, 0.05) is 0 Å². The standard InChI is InChI=1S/C32H40Cl3NO8/c1-30(2,3)28(38)42-19-22-24(40-17-20-13-9-7-10-14-20)25(44-29(39)31(4,5)6)23(36-27(37)32(33,34)35)26(43-22)41-18-21-15-11-8-12-16-21/h7-16,22-26H,17-19H2,1-6H3,(H,36,37)/t22-,23-,24+,25-,26-/m1/s1. The first-order chi connectivity index (χ1) is 20.5. The van der Waals surface area contributed by atoms with E-state index in [-0.39, 0.29) is 19.8 Å². The number of alkyl halides is 3. The highest BCUT2D eigenvalue weighted by atomic mass is 35.6. The molecule has 1 aliphatic heterocycles. The number of ether oxygens (including phenoxy) is 5. The van der Waals surface area contributed by atoms with E-state index in [0.717, 1.165) is 11.1 Å². The molecule has 1 heterocycles. The molecule has 0 radical (unpaired) electrons. The third-order valence-corrected chi connectivity index (χ3v) is 7.11. The van der Waals surface area contributed by atoms with Crippen molar-refractivity contribution in [2.24, 2.45) is 10.8 Å². The van der Waals surface area contributed by atoms with Gasteiger partial charge in [-0.1, -0.05) is 95.5 Å². The van der Waals surface area contributed by atoms with Crippen LogP contribution in [0.2, 0.25) is 0 Å². The predicted molar refractivity (Wildman–Crippen MR) is 167 cm³/mol. The van der Waals surface area contributed by atoms with Crippen molar-refractivity contribution in [1.29, 1.82) is 0 Å². The molecule has 44 heavy (non-hydrogen) atoms. The molecule has 2 aromatic rings. The fourth-order valence-corrected chi connectivity index (χ4v) is 4.27. The van der Waals surface area contributed by atoms with E-state index in [1.807, 2.05) is 60.7 Å². The maximum Gasteiger partial charge on any atom is 0.311 e. The van der Waals surface area contributed by atoms with Crippen LogP contribution in [0, 0.1) is 10.8 Å². The molecule has 0 aliphatic carbocycles. The van der Waals surface area contributed by atoms with Gasteiger partial charge < -0.3 is 29.0 Å². The summed E-state index contributed by atoms with van der Waals surface area (Å²) in [4.78, 5) is 39.1. The van der Waals surface area contributed by atoms with E-state index in [9.17, 15) is 14.4 Å². The maximum atomic E-state index is 13.3. The van der Waals surface area contributed by atoms with Crippen LogP contribution in [0.1, 0.15) is 52.7 Å². The van der Waals surface area contributed by atoms with Gasteiger partial charge in [-0.15, -0.1) is 0 Å². The molecular formula is C32H40Cl3NO8. The number of esters is 2. The Hall–Kier alpha value is -2.40. The summed E-state index contributed by atoms with van der Waals surface area (Å²) < 4.78 is 28.2. The first kappa shape index (κ1) is 36.1. The van der Waals surface area contributed by atoms with Crippen LogP contribution >= 0.6 is 34.8 Å². The summed E-state index contributed by atoms with van der Waals surface area (Å²) in [6, 6.07) is 17.4. The Morgan fingerprint density at radius 2 is 1.25 bits per heavy atom. The second-order valence-electron chi connectivity index (χ2n) is 12.6. The minimum Gasteiger partial charge on any atom is -0.462 e. The zero-order valence-corrected chi connectivity index (χ0v) is 27.9. The first-order valence-corrected chi connectivity index (χ1v) is 15.3. The fraction of sp³-hybridized carbons (Fsp3) is 0.531. The summed E-state index contributed by atoms with van der Waals surface area (Å²) in [5, 5.41) is 2.64. The lowest BCUT2D eigenvalue weighted by Gasteiger charge is -2.46. The Morgan fingerprint density at radius 3 is 1.73 bits per heavy atom. The highest BCUT2D eigenvalue weighted by molar-refractivity contribution is 6.76. The molecule has 0 spiro atoms. The van der Waals surface area contributed by atoms with Crippen LogP contribution in [0.4, 0.5) is 0 Å². The monoisotopic (exact) mass is 671 g/mol. The first-order valence-electron chi connectivity index (χ1n) is 14.2. The number of amides is 1. The number of hydrogen-bond acceptors (Lipinski definition) is 8. The van der Waals surface area contributed by atoms with Gasteiger partial charge in [0.15, 0.2) is 12.4 Å². The topological polar surface area (TPSA) is 109 Å². The van der Waals surface area contributed by atoms with Gasteiger partial charge in [-0.25, -0.2) is 0 Å². The number of hydrogen-bond donors (Lipinski definition) is 1. The molecule has 0 unspecified atom stereocenters. The van der Waals surface area contributed by atoms with E-state index in [4.69, 9.17) is 58.5 Å². The quantitative estimate of drug-likeness (QED) is 0.245. The zero-order valence-electron chi connectivity index (χ0n) is 25.7. The second-order valence-corrected chi connectivity index (χ2v) is 14.8. The molecule has 1 amide bonds. The number of halogens is 3. The minimum atomic E-state index is -2.35. The molecular weight excluding hydrogens is 633 g/mol. The largest absolute Gasteiger partial charge is 0.462 e. The average molecular weight is 673 g/mol. The van der Waals surface area contributed by atoms with Gasteiger partial charge >= 0.3 is 11.9 Å². The summed E-state index contributed by atoms with van der Waals surface area (Å²) in [7, 11) is 0. The highest BCUT2D eigenvalue weighted by Crippen LogP contribution is 2.33. The molecule has 1 aliphatic rings. The zero-order chi connectivity index (χ0) is 32.7. The van der Waals surface area contributed by atoms with Crippen LogP contribution in [-0.4, -0.2) is 58.9 Å². The molecule has 3 rings (SSSR count). The Morgan fingerprint density at radius 1 is 0.750 bits per heavy atom. The molecule has 12 heteroatoms. The predicted octanol–water partition coefficient (Wildman–Crippen LogP) is 5.92. The smallest absolute Gasteiger partial charge is 0.311 e. The molecule has 0 aromatic heterocycles. The van der Waals surface area contributed by atoms with Crippen LogP contribution in [0.5, 0.6) is 0 Å². The molecule has 9 nitrogen and oxygen atoms in total. The summed E-state index contributed by atoms with van der Waals surface area (Å²) in [5.41, 5.74) is -0.0927. The average Bonchev–Trinajstić information content (AvgIpc) is 2.94. The van der Waals surface area contributed by atoms with E-state index in [1.165, 1.54) is 0 Å². The van der Waals surface area contributed by atoms with Gasteiger partial charge in [-0.05, 0) is 52.7 Å². The molecule has 5 atom stereocenters. The van der Waals surface area contributed by atoms with Crippen LogP contribution in [-0.2, 0) is 51.3 Å². The lowest BCUT2D eigenvalue weighted by atomic mass is 9.93. The van der Waals surface area contributed by atoms with E-state index >= 15 is 0 Å². The van der Waals surface area contributed by atoms with Crippen LogP contribution < -0.4 is 5.32 Å². The van der Waals surface area contributed by atoms with Crippen LogP contribution in [0.15, 0.2) is 60.7 Å². The number of carbonyl (C=O) groups excluding carboxylic acids is 3. The SMILES string of the molecule is CC(C)(C)C(=O)OC[C@H]1O[C@@H](OCc2ccccc2)[C@H](NC(=O)C(Cl)(Cl)Cl)[C@@H](OC(=O)C(C)(C)C)[C@H]1OCc1ccccc1. The van der Waals surface area contributed by atoms with E-state index in [1.54, 1.807) is 41.5 Å². The normalized spacial score (nSPS) is 22.6. The van der Waals surface area contributed by atoms with Gasteiger partial charge in [0.25, 0.3) is 9.70 Å². The van der Waals surface area contributed by atoms with Crippen molar-refractivity contribution in [3.63, 3.8) is 0 Å². The van der Waals surface area contributed by atoms with E-state index in [0.29, 0.717) is 0 Å². The minimum absolute atomic E-state index is 0.0651. The van der Waals surface area contributed by atoms with Crippen LogP contribution in [0.25, 0.3) is 0 Å². The second kappa shape index (κ2) is 15.3. The molecule has 242 valence electrons. The number of benzene rings is 2. The molecule has 1 N–H and O–H groups in total. The lowest BCUT2D eigenvalue weighted by molar-refractivity contribution is -0.288. The summed E-state index contributed by atoms with van der Waals surface area (Å²) in [6.07, 6.45) is -4.48. The number of nitrogens with one attached hydrogen (secondary N) is 1. The summed E-state index contributed by atoms with van der Waals surface area (Å²) in [5.74, 6) is -2.04. The Labute approximate surface area is 273 Å². The third kappa shape index (κ3) is 10.6. The van der Waals surface area contributed by atoms with Crippen molar-refractivity contribution in [3.8, 4) is 0 Å². The molecule has 0 saturated carbocycles. The number of carbonyl (C=O) groups is 3. The third-order valence-electron chi connectivity index (χ3n) is 6.59. The molecule has 1 saturated heterocycles. The van der Waals surface area contributed by atoms with E-state index in [2.05, 4.69) is 5.32 Å². The summed E-state index contributed by atoms with van der Waals surface area (Å²) >= 11 is 17.8. The Kier molecular flexibility index (Phi) is 12.5. The van der Waals surface area contributed by atoms with Crippen molar-refractivity contribution in [2.45, 2.75) is 89.2 Å². The van der Waals surface area contributed by atoms with Crippen molar-refractivity contribution in [2.75, 3.05) is 6.61 Å². The number of rotatable bonds is 10. The van der Waals surface area contributed by atoms with Gasteiger partial charge in [-0.2, -0.15) is 0 Å². The van der Waals surface area contributed by atoms with Gasteiger partial charge in [-0.3, -0.25) is 14.4 Å². The van der Waals surface area contributed by atoms with Crippen LogP contribution in [0.3, 0.4) is 0 Å². The van der Waals surface area contributed by atoms with Gasteiger partial charge in [0.2, 0.25) is 0 Å². The van der Waals surface area contributed by atoms with Crippen molar-refractivity contribution in [1.82, 2.24) is 5.32 Å². The fourth-order valence-electron chi connectivity index (χ4n) is 4.10. The van der Waals surface area contributed by atoms with Gasteiger partial charge in [0.05, 0.1) is 24.0 Å². The highest BCUT2D eigenvalue weighted by Gasteiger charge is 2.52. The lowest BCUT2D eigenvalue weighted by Crippen LogP contribution is -2.67. The van der Waals surface area contributed by atoms with E-state index < -0.39 is 63.1 Å². The molecule has 2 aromatic carbocycles. The molecule has 0 bridgehead atoms. The van der Waals surface area contributed by atoms with Gasteiger partial charge in [0.1, 0.15) is 24.9 Å². The summed E-state index contributed by atoms with van der Waals surface area (Å²) in [6.45, 7) is 10.1. The van der Waals surface area contributed by atoms with Crippen molar-refractivity contribution in [3.05, 3.63) is 71.8 Å². The Bertz CT molecular complexity index is 1240. The van der Waals surface area contributed by atoms with Crippen molar-refractivity contribution < 1.29 is 38.1 Å². The van der Waals surface area contributed by atoms with Crippen molar-refractivity contribution >= 4 is 52.6 Å². The molecule has 1 fully saturated rings. The Balaban J connectivity index is 2.05.